The molecular weight excluding hydrogens is 280 g/mol. The fourth-order valence-corrected chi connectivity index (χ4v) is 3.23. The van der Waals surface area contributed by atoms with Gasteiger partial charge in [-0.15, -0.1) is 0 Å². The van der Waals surface area contributed by atoms with Gasteiger partial charge >= 0.3 is 6.09 Å². The van der Waals surface area contributed by atoms with Gasteiger partial charge in [-0.05, 0) is 60.8 Å². The van der Waals surface area contributed by atoms with E-state index in [1.165, 1.54) is 6.42 Å². The molecule has 5 heteroatoms. The van der Waals surface area contributed by atoms with Crippen molar-refractivity contribution in [3.05, 3.63) is 0 Å². The van der Waals surface area contributed by atoms with Crippen molar-refractivity contribution in [3.63, 3.8) is 0 Å². The molecule has 2 rings (SSSR count). The molecule has 3 unspecified atom stereocenters. The van der Waals surface area contributed by atoms with Gasteiger partial charge in [-0.3, -0.25) is 0 Å². The van der Waals surface area contributed by atoms with Crippen LogP contribution in [0.5, 0.6) is 0 Å². The van der Waals surface area contributed by atoms with Crippen molar-refractivity contribution >= 4 is 6.09 Å². The molecule has 0 spiro atoms. The zero-order chi connectivity index (χ0) is 16.5. The highest BCUT2D eigenvalue weighted by Crippen LogP contribution is 2.34. The molecule has 2 heterocycles. The monoisotopic (exact) mass is 312 g/mol. The van der Waals surface area contributed by atoms with E-state index in [0.717, 1.165) is 19.4 Å². The lowest BCUT2D eigenvalue weighted by atomic mass is 9.95. The van der Waals surface area contributed by atoms with E-state index in [1.54, 1.807) is 4.90 Å². The summed E-state index contributed by atoms with van der Waals surface area (Å²) >= 11 is 0. The van der Waals surface area contributed by atoms with Gasteiger partial charge in [0.2, 0.25) is 0 Å². The third-order valence-corrected chi connectivity index (χ3v) is 4.27. The summed E-state index contributed by atoms with van der Waals surface area (Å²) in [4.78, 5) is 14.2. The van der Waals surface area contributed by atoms with Crippen molar-refractivity contribution in [1.29, 1.82) is 0 Å². The van der Waals surface area contributed by atoms with Gasteiger partial charge in [0.1, 0.15) is 5.60 Å². The van der Waals surface area contributed by atoms with E-state index >= 15 is 0 Å². The molecule has 0 radical (unpaired) electrons. The van der Waals surface area contributed by atoms with E-state index < -0.39 is 5.60 Å². The van der Waals surface area contributed by atoms with Crippen LogP contribution in [0.1, 0.15) is 60.8 Å². The van der Waals surface area contributed by atoms with E-state index in [2.05, 4.69) is 5.32 Å². The highest BCUT2D eigenvalue weighted by atomic mass is 16.6. The normalized spacial score (nSPS) is 28.0. The third-order valence-electron chi connectivity index (χ3n) is 4.27. The lowest BCUT2D eigenvalue weighted by molar-refractivity contribution is 0.00631. The highest BCUT2D eigenvalue weighted by molar-refractivity contribution is 5.69. The number of amides is 1. The molecule has 0 aromatic carbocycles. The molecule has 2 fully saturated rings. The summed E-state index contributed by atoms with van der Waals surface area (Å²) in [5.41, 5.74) is -0.721. The SMILES string of the molecule is CC(C)(C)OC(=O)N(CCNC1CC2CCC1O2)C(C)(C)C. The second-order valence-corrected chi connectivity index (χ2v) is 8.47. The van der Waals surface area contributed by atoms with Gasteiger partial charge < -0.3 is 19.7 Å². The summed E-state index contributed by atoms with van der Waals surface area (Å²) in [6, 6.07) is 0.444. The molecule has 128 valence electrons. The number of nitrogens with zero attached hydrogens (tertiary/aromatic N) is 1. The van der Waals surface area contributed by atoms with E-state index in [0.29, 0.717) is 24.8 Å². The molecule has 5 nitrogen and oxygen atoms in total. The Morgan fingerprint density at radius 2 is 1.91 bits per heavy atom. The van der Waals surface area contributed by atoms with Gasteiger partial charge in [0, 0.05) is 24.7 Å². The first kappa shape index (κ1) is 17.5. The van der Waals surface area contributed by atoms with E-state index in [1.807, 2.05) is 41.5 Å². The molecule has 22 heavy (non-hydrogen) atoms. The van der Waals surface area contributed by atoms with Crippen LogP contribution in [-0.2, 0) is 9.47 Å². The largest absolute Gasteiger partial charge is 0.444 e. The number of carbonyl (C=O) groups is 1. The number of hydrogen-bond acceptors (Lipinski definition) is 4. The fourth-order valence-electron chi connectivity index (χ4n) is 3.23. The number of fused-ring (bicyclic) bond motifs is 2. The van der Waals surface area contributed by atoms with Gasteiger partial charge in [-0.2, -0.15) is 0 Å². The van der Waals surface area contributed by atoms with Crippen LogP contribution in [0.2, 0.25) is 0 Å². The molecule has 2 saturated heterocycles. The number of hydrogen-bond donors (Lipinski definition) is 1. The maximum atomic E-state index is 12.4. The zero-order valence-corrected chi connectivity index (χ0v) is 14.9. The standard InChI is InChI=1S/C17H32N2O3/c1-16(2,3)19(15(20)22-17(4,5)6)10-9-18-13-11-12-7-8-14(13)21-12/h12-14,18H,7-11H2,1-6H3. The predicted molar refractivity (Wildman–Crippen MR) is 87.0 cm³/mol. The zero-order valence-electron chi connectivity index (χ0n) is 14.9. The van der Waals surface area contributed by atoms with E-state index in [-0.39, 0.29) is 11.6 Å². The number of carbonyl (C=O) groups excluding carboxylic acids is 1. The van der Waals surface area contributed by atoms with Gasteiger partial charge in [0.15, 0.2) is 0 Å². The maximum Gasteiger partial charge on any atom is 0.410 e. The molecule has 2 aliphatic heterocycles. The molecular formula is C17H32N2O3. The number of rotatable bonds is 4. The summed E-state index contributed by atoms with van der Waals surface area (Å²) in [7, 11) is 0. The van der Waals surface area contributed by atoms with Crippen LogP contribution in [0.3, 0.4) is 0 Å². The molecule has 1 amide bonds. The molecule has 3 atom stereocenters. The predicted octanol–water partition coefficient (Wildman–Crippen LogP) is 2.93. The van der Waals surface area contributed by atoms with Crippen LogP contribution < -0.4 is 5.32 Å². The fraction of sp³-hybridized carbons (Fsp3) is 0.941. The maximum absolute atomic E-state index is 12.4. The van der Waals surface area contributed by atoms with Crippen LogP contribution in [0.4, 0.5) is 4.79 Å². The first-order valence-corrected chi connectivity index (χ1v) is 8.46. The van der Waals surface area contributed by atoms with Crippen molar-refractivity contribution < 1.29 is 14.3 Å². The van der Waals surface area contributed by atoms with Gasteiger partial charge in [-0.25, -0.2) is 4.79 Å². The molecule has 0 saturated carbocycles. The lowest BCUT2D eigenvalue weighted by Crippen LogP contribution is -2.51. The second kappa shape index (κ2) is 6.36. The molecule has 0 aliphatic carbocycles. The van der Waals surface area contributed by atoms with Crippen LogP contribution in [0, 0.1) is 0 Å². The first-order chi connectivity index (χ1) is 10.1. The molecule has 2 aliphatic rings. The summed E-state index contributed by atoms with van der Waals surface area (Å²) in [5.74, 6) is 0. The van der Waals surface area contributed by atoms with Crippen molar-refractivity contribution in [2.24, 2.45) is 0 Å². The minimum atomic E-state index is -0.466. The topological polar surface area (TPSA) is 50.8 Å². The minimum Gasteiger partial charge on any atom is -0.444 e. The average Bonchev–Trinajstić information content (AvgIpc) is 2.92. The smallest absolute Gasteiger partial charge is 0.410 e. The Hall–Kier alpha value is -0.810. The molecule has 0 aromatic heterocycles. The Balaban J connectivity index is 1.83. The van der Waals surface area contributed by atoms with E-state index in [9.17, 15) is 4.79 Å². The van der Waals surface area contributed by atoms with Crippen molar-refractivity contribution in [3.8, 4) is 0 Å². The van der Waals surface area contributed by atoms with Gasteiger partial charge in [-0.1, -0.05) is 0 Å². The Labute approximate surface area is 134 Å². The Morgan fingerprint density at radius 3 is 2.36 bits per heavy atom. The molecule has 1 N–H and O–H groups in total. The number of nitrogens with one attached hydrogen (secondary N) is 1. The molecule has 2 bridgehead atoms. The number of ether oxygens (including phenoxy) is 2. The van der Waals surface area contributed by atoms with Gasteiger partial charge in [0.25, 0.3) is 0 Å². The van der Waals surface area contributed by atoms with Crippen LogP contribution in [0.15, 0.2) is 0 Å². The van der Waals surface area contributed by atoms with E-state index in [4.69, 9.17) is 9.47 Å². The van der Waals surface area contributed by atoms with Crippen LogP contribution >= 0.6 is 0 Å². The first-order valence-electron chi connectivity index (χ1n) is 8.46. The van der Waals surface area contributed by atoms with Crippen LogP contribution in [-0.4, -0.2) is 53.5 Å². The van der Waals surface area contributed by atoms with Crippen LogP contribution in [0.25, 0.3) is 0 Å². The Bertz CT molecular complexity index is 398. The van der Waals surface area contributed by atoms with Crippen molar-refractivity contribution in [2.75, 3.05) is 13.1 Å². The third kappa shape index (κ3) is 4.59. The minimum absolute atomic E-state index is 0.244. The summed E-state index contributed by atoms with van der Waals surface area (Å²) in [5, 5.41) is 3.56. The molecule has 0 aromatic rings. The van der Waals surface area contributed by atoms with Gasteiger partial charge in [0.05, 0.1) is 12.2 Å². The highest BCUT2D eigenvalue weighted by Gasteiger charge is 2.40. The summed E-state index contributed by atoms with van der Waals surface area (Å²) in [6.07, 6.45) is 4.05. The quantitative estimate of drug-likeness (QED) is 0.867. The second-order valence-electron chi connectivity index (χ2n) is 8.47. The Morgan fingerprint density at radius 1 is 1.23 bits per heavy atom. The summed E-state index contributed by atoms with van der Waals surface area (Å²) < 4.78 is 11.4. The Kier molecular flexibility index (Phi) is 5.07. The summed E-state index contributed by atoms with van der Waals surface area (Å²) in [6.45, 7) is 13.2. The average molecular weight is 312 g/mol. The van der Waals surface area contributed by atoms with Crippen molar-refractivity contribution in [1.82, 2.24) is 10.2 Å². The van der Waals surface area contributed by atoms with Crippen molar-refractivity contribution in [2.45, 2.75) is 90.2 Å². The lowest BCUT2D eigenvalue weighted by Gasteiger charge is -2.37.